The molecule has 0 radical (unpaired) electrons. The van der Waals surface area contributed by atoms with Gasteiger partial charge >= 0.3 is 0 Å². The number of rotatable bonds is 1. The second-order valence-corrected chi connectivity index (χ2v) is 6.74. The van der Waals surface area contributed by atoms with E-state index in [9.17, 15) is 0 Å². The lowest BCUT2D eigenvalue weighted by atomic mass is 9.89. The van der Waals surface area contributed by atoms with Crippen molar-refractivity contribution in [3.8, 4) is 0 Å². The Balaban J connectivity index is 2.37. The van der Waals surface area contributed by atoms with E-state index in [1.165, 1.54) is 28.7 Å². The first kappa shape index (κ1) is 13.1. The number of hydrogen-bond acceptors (Lipinski definition) is 2. The van der Waals surface area contributed by atoms with Gasteiger partial charge in [-0.2, -0.15) is 5.10 Å². The third-order valence-corrected chi connectivity index (χ3v) is 4.25. The molecule has 0 aromatic carbocycles. The minimum Gasteiger partial charge on any atom is -0.317 e. The first-order valence-corrected chi connectivity index (χ1v) is 7.14. The largest absolute Gasteiger partial charge is 0.317 e. The van der Waals surface area contributed by atoms with E-state index in [2.05, 4.69) is 53.7 Å². The van der Waals surface area contributed by atoms with E-state index < -0.39 is 0 Å². The Morgan fingerprint density at radius 3 is 2.35 bits per heavy atom. The summed E-state index contributed by atoms with van der Waals surface area (Å²) < 4.78 is 3.29. The van der Waals surface area contributed by atoms with Gasteiger partial charge in [0.05, 0.1) is 15.9 Å². The van der Waals surface area contributed by atoms with E-state index in [-0.39, 0.29) is 5.41 Å². The molecule has 1 aliphatic heterocycles. The minimum atomic E-state index is 0.0990. The molecule has 0 saturated carbocycles. The van der Waals surface area contributed by atoms with Crippen molar-refractivity contribution in [3.63, 3.8) is 0 Å². The van der Waals surface area contributed by atoms with Crippen LogP contribution >= 0.6 is 15.9 Å². The second-order valence-electron chi connectivity index (χ2n) is 5.95. The lowest BCUT2D eigenvalue weighted by Gasteiger charge is -2.23. The van der Waals surface area contributed by atoms with E-state index in [0.29, 0.717) is 5.92 Å². The van der Waals surface area contributed by atoms with Crippen molar-refractivity contribution in [3.05, 3.63) is 15.9 Å². The number of nitrogens with zero attached hydrogens (tertiary/aromatic N) is 2. The zero-order valence-corrected chi connectivity index (χ0v) is 12.8. The van der Waals surface area contributed by atoms with Crippen LogP contribution in [-0.4, -0.2) is 22.9 Å². The van der Waals surface area contributed by atoms with Gasteiger partial charge in [0.15, 0.2) is 0 Å². The molecule has 1 aromatic rings. The summed E-state index contributed by atoms with van der Waals surface area (Å²) in [6.45, 7) is 8.88. The van der Waals surface area contributed by atoms with Crippen LogP contribution in [0.3, 0.4) is 0 Å². The van der Waals surface area contributed by atoms with Gasteiger partial charge in [0.25, 0.3) is 0 Å². The Bertz CT molecular complexity index is 398. The molecule has 0 spiro atoms. The van der Waals surface area contributed by atoms with Gasteiger partial charge in [-0.05, 0) is 41.9 Å². The summed E-state index contributed by atoms with van der Waals surface area (Å²) in [4.78, 5) is 0. The van der Waals surface area contributed by atoms with E-state index in [0.717, 1.165) is 13.1 Å². The molecular formula is C13H22BrN3. The fourth-order valence-corrected chi connectivity index (χ4v) is 3.78. The summed E-state index contributed by atoms with van der Waals surface area (Å²) in [6, 6.07) is 0. The van der Waals surface area contributed by atoms with Crippen molar-refractivity contribution in [2.75, 3.05) is 13.1 Å². The van der Waals surface area contributed by atoms with E-state index >= 15 is 0 Å². The molecule has 17 heavy (non-hydrogen) atoms. The Labute approximate surface area is 112 Å². The van der Waals surface area contributed by atoms with E-state index in [1.54, 1.807) is 0 Å². The Morgan fingerprint density at radius 2 is 1.88 bits per heavy atom. The number of halogens is 1. The maximum Gasteiger partial charge on any atom is 0.0822 e. The van der Waals surface area contributed by atoms with Crippen LogP contribution in [0.25, 0.3) is 0 Å². The first-order valence-electron chi connectivity index (χ1n) is 6.35. The molecule has 1 aromatic heterocycles. The zero-order valence-electron chi connectivity index (χ0n) is 11.2. The van der Waals surface area contributed by atoms with Crippen molar-refractivity contribution in [1.82, 2.24) is 15.1 Å². The number of nitrogens with one attached hydrogen (secondary N) is 1. The van der Waals surface area contributed by atoms with Crippen LogP contribution in [0.5, 0.6) is 0 Å². The van der Waals surface area contributed by atoms with Crippen molar-refractivity contribution in [2.24, 2.45) is 7.05 Å². The lowest BCUT2D eigenvalue weighted by molar-refractivity contribution is 0.438. The van der Waals surface area contributed by atoms with Crippen LogP contribution in [0.2, 0.25) is 0 Å². The number of aryl methyl sites for hydroxylation is 1. The van der Waals surface area contributed by atoms with Gasteiger partial charge in [-0.3, -0.25) is 4.68 Å². The summed E-state index contributed by atoms with van der Waals surface area (Å²) in [5.41, 5.74) is 2.65. The highest BCUT2D eigenvalue weighted by molar-refractivity contribution is 9.10. The maximum atomic E-state index is 4.71. The fourth-order valence-electron chi connectivity index (χ4n) is 2.53. The summed E-state index contributed by atoms with van der Waals surface area (Å²) >= 11 is 3.77. The first-order chi connectivity index (χ1) is 7.91. The SMILES string of the molecule is Cn1nc(C(C)(C)C)c(Br)c1C1CCNCC1. The second kappa shape index (κ2) is 4.73. The van der Waals surface area contributed by atoms with Gasteiger partial charge in [-0.1, -0.05) is 20.8 Å². The lowest BCUT2D eigenvalue weighted by Crippen LogP contribution is -2.27. The molecule has 0 atom stereocenters. The molecule has 96 valence electrons. The number of aromatic nitrogens is 2. The highest BCUT2D eigenvalue weighted by Gasteiger charge is 2.28. The number of hydrogen-bond donors (Lipinski definition) is 1. The van der Waals surface area contributed by atoms with Crippen LogP contribution in [0.15, 0.2) is 4.47 Å². The highest BCUT2D eigenvalue weighted by Crippen LogP contribution is 2.37. The van der Waals surface area contributed by atoms with E-state index in [4.69, 9.17) is 5.10 Å². The summed E-state index contributed by atoms with van der Waals surface area (Å²) in [5, 5.41) is 8.12. The molecule has 1 fully saturated rings. The van der Waals surface area contributed by atoms with Gasteiger partial charge in [-0.15, -0.1) is 0 Å². The third-order valence-electron chi connectivity index (χ3n) is 3.47. The minimum absolute atomic E-state index is 0.0990. The van der Waals surface area contributed by atoms with Gasteiger partial charge in [0.2, 0.25) is 0 Å². The summed E-state index contributed by atoms with van der Waals surface area (Å²) in [7, 11) is 2.07. The fraction of sp³-hybridized carbons (Fsp3) is 0.769. The Hall–Kier alpha value is -0.350. The molecule has 0 aliphatic carbocycles. The summed E-state index contributed by atoms with van der Waals surface area (Å²) in [6.07, 6.45) is 2.42. The highest BCUT2D eigenvalue weighted by atomic mass is 79.9. The molecule has 1 aliphatic rings. The molecule has 4 heteroatoms. The van der Waals surface area contributed by atoms with Gasteiger partial charge in [0.1, 0.15) is 0 Å². The van der Waals surface area contributed by atoms with Gasteiger partial charge in [0, 0.05) is 18.4 Å². The molecule has 1 N–H and O–H groups in total. The van der Waals surface area contributed by atoms with Crippen molar-refractivity contribution >= 4 is 15.9 Å². The molecule has 1 saturated heterocycles. The predicted molar refractivity (Wildman–Crippen MR) is 74.5 cm³/mol. The average molecular weight is 300 g/mol. The van der Waals surface area contributed by atoms with Crippen LogP contribution in [0, 0.1) is 0 Å². The van der Waals surface area contributed by atoms with Crippen LogP contribution in [0.4, 0.5) is 0 Å². The molecule has 0 bridgehead atoms. The zero-order chi connectivity index (χ0) is 12.6. The van der Waals surface area contributed by atoms with Crippen LogP contribution in [0.1, 0.15) is 50.9 Å². The van der Waals surface area contributed by atoms with Gasteiger partial charge in [-0.25, -0.2) is 0 Å². The standard InChI is InChI=1S/C13H22BrN3/c1-13(2,3)12-10(14)11(17(4)16-12)9-5-7-15-8-6-9/h9,15H,5-8H2,1-4H3. The number of piperidine rings is 1. The van der Waals surface area contributed by atoms with Crippen molar-refractivity contribution < 1.29 is 0 Å². The molecule has 2 rings (SSSR count). The molecule has 2 heterocycles. The monoisotopic (exact) mass is 299 g/mol. The Kier molecular flexibility index (Phi) is 3.64. The van der Waals surface area contributed by atoms with Crippen molar-refractivity contribution in [2.45, 2.75) is 44.9 Å². The molecular weight excluding hydrogens is 278 g/mol. The van der Waals surface area contributed by atoms with Crippen LogP contribution < -0.4 is 5.32 Å². The Morgan fingerprint density at radius 1 is 1.29 bits per heavy atom. The summed E-state index contributed by atoms with van der Waals surface area (Å²) in [5.74, 6) is 0.638. The molecule has 0 amide bonds. The predicted octanol–water partition coefficient (Wildman–Crippen LogP) is 2.95. The topological polar surface area (TPSA) is 29.9 Å². The smallest absolute Gasteiger partial charge is 0.0822 e. The molecule has 0 unspecified atom stereocenters. The van der Waals surface area contributed by atoms with Crippen LogP contribution in [-0.2, 0) is 12.5 Å². The average Bonchev–Trinajstić information content (AvgIpc) is 2.55. The van der Waals surface area contributed by atoms with Gasteiger partial charge < -0.3 is 5.32 Å². The quantitative estimate of drug-likeness (QED) is 0.864. The van der Waals surface area contributed by atoms with Crippen molar-refractivity contribution in [1.29, 1.82) is 0 Å². The molecule has 3 nitrogen and oxygen atoms in total. The van der Waals surface area contributed by atoms with E-state index in [1.807, 2.05) is 0 Å². The normalized spacial score (nSPS) is 18.6. The third kappa shape index (κ3) is 2.58. The maximum absolute atomic E-state index is 4.71.